The van der Waals surface area contributed by atoms with E-state index in [1.54, 1.807) is 13.8 Å². The van der Waals surface area contributed by atoms with Gasteiger partial charge in [-0.25, -0.2) is 13.4 Å². The molecule has 9 heteroatoms. The molecule has 2 rings (SSSR count). The summed E-state index contributed by atoms with van der Waals surface area (Å²) in [4.78, 5) is 4.77. The van der Waals surface area contributed by atoms with Crippen molar-refractivity contribution in [2.75, 3.05) is 11.3 Å². The topological polar surface area (TPSA) is 114 Å². The molecule has 0 unspecified atom stereocenters. The molecule has 0 aliphatic carbocycles. The van der Waals surface area contributed by atoms with Crippen molar-refractivity contribution in [3.05, 3.63) is 22.5 Å². The highest BCUT2D eigenvalue weighted by Gasteiger charge is 2.23. The first-order chi connectivity index (χ1) is 9.44. The highest BCUT2D eigenvalue weighted by Crippen LogP contribution is 2.23. The van der Waals surface area contributed by atoms with Crippen molar-refractivity contribution in [2.24, 2.45) is 5.73 Å². The van der Waals surface area contributed by atoms with Gasteiger partial charge >= 0.3 is 0 Å². The molecule has 0 bridgehead atoms. The number of hydrogen-bond donors (Lipinski definition) is 3. The van der Waals surface area contributed by atoms with Gasteiger partial charge in [-0.1, -0.05) is 23.2 Å². The van der Waals surface area contributed by atoms with Crippen molar-refractivity contribution in [3.63, 3.8) is 0 Å². The van der Waals surface area contributed by atoms with E-state index >= 15 is 0 Å². The van der Waals surface area contributed by atoms with E-state index in [0.29, 0.717) is 16.3 Å². The van der Waals surface area contributed by atoms with Crippen LogP contribution in [0.1, 0.15) is 16.3 Å². The van der Waals surface area contributed by atoms with Crippen LogP contribution in [0.5, 0.6) is 0 Å². The zero-order valence-corrected chi connectivity index (χ0v) is 12.5. The Bertz CT molecular complexity index is 760. The second-order valence-corrected chi connectivity index (χ2v) is 6.55. The zero-order valence-electron chi connectivity index (χ0n) is 10.9. The number of nitrogens with zero attached hydrogens (tertiary/aromatic N) is 2. The highest BCUT2D eigenvalue weighted by atomic mass is 32.2. The number of nitrogens with two attached hydrogens (primary N) is 1. The number of aromatic nitrogens is 3. The quantitative estimate of drug-likeness (QED) is 0.718. The molecule has 0 saturated heterocycles. The van der Waals surface area contributed by atoms with Gasteiger partial charge in [0.1, 0.15) is 4.90 Å². The maximum atomic E-state index is 12.3. The first-order valence-corrected chi connectivity index (χ1v) is 7.93. The summed E-state index contributed by atoms with van der Waals surface area (Å²) in [5, 5.41) is 6.77. The maximum absolute atomic E-state index is 12.3. The number of aryl methyl sites for hydroxylation is 2. The van der Waals surface area contributed by atoms with Crippen LogP contribution in [0, 0.1) is 25.7 Å². The smallest absolute Gasteiger partial charge is 0.267 e. The van der Waals surface area contributed by atoms with Gasteiger partial charge < -0.3 is 5.73 Å². The van der Waals surface area contributed by atoms with Crippen LogP contribution in [0.25, 0.3) is 0 Å². The van der Waals surface area contributed by atoms with Crippen molar-refractivity contribution in [1.29, 1.82) is 0 Å². The molecule has 0 saturated carbocycles. The van der Waals surface area contributed by atoms with E-state index in [4.69, 9.17) is 5.73 Å². The lowest BCUT2D eigenvalue weighted by atomic mass is 10.4. The molecule has 0 fully saturated rings. The van der Waals surface area contributed by atoms with Crippen LogP contribution >= 0.6 is 11.3 Å². The molecule has 7 nitrogen and oxygen atoms in total. The summed E-state index contributed by atoms with van der Waals surface area (Å²) < 4.78 is 27.0. The Morgan fingerprint density at radius 2 is 2.25 bits per heavy atom. The van der Waals surface area contributed by atoms with Gasteiger partial charge in [0.05, 0.1) is 29.0 Å². The number of nitrogens with one attached hydrogen (secondary N) is 2. The first kappa shape index (κ1) is 14.5. The molecule has 4 N–H and O–H groups in total. The average Bonchev–Trinajstić information content (AvgIpc) is 2.93. The summed E-state index contributed by atoms with van der Waals surface area (Å²) >= 11 is 1.15. The minimum Gasteiger partial charge on any atom is -0.320 e. The summed E-state index contributed by atoms with van der Waals surface area (Å²) in [7, 11) is -3.71. The van der Waals surface area contributed by atoms with E-state index in [0.717, 1.165) is 11.3 Å². The molecule has 0 aliphatic heterocycles. The van der Waals surface area contributed by atoms with Crippen LogP contribution in [0.15, 0.2) is 11.1 Å². The molecule has 0 aliphatic rings. The van der Waals surface area contributed by atoms with Crippen molar-refractivity contribution in [3.8, 4) is 11.8 Å². The van der Waals surface area contributed by atoms with Gasteiger partial charge in [0, 0.05) is 0 Å². The number of anilines is 1. The van der Waals surface area contributed by atoms with Gasteiger partial charge in [-0.15, -0.1) is 0 Å². The average molecular weight is 311 g/mol. The van der Waals surface area contributed by atoms with E-state index in [-0.39, 0.29) is 16.6 Å². The van der Waals surface area contributed by atoms with Crippen molar-refractivity contribution in [2.45, 2.75) is 18.7 Å². The lowest BCUT2D eigenvalue weighted by molar-refractivity contribution is 0.600. The Morgan fingerprint density at radius 1 is 1.50 bits per heavy atom. The number of H-pyrrole nitrogens is 1. The Morgan fingerprint density at radius 3 is 2.85 bits per heavy atom. The van der Waals surface area contributed by atoms with Gasteiger partial charge in [0.25, 0.3) is 10.0 Å². The lowest BCUT2D eigenvalue weighted by Crippen LogP contribution is -2.14. The Labute approximate surface area is 120 Å². The third-order valence-corrected chi connectivity index (χ3v) is 4.93. The fraction of sp³-hybridized carbons (Fsp3) is 0.273. The van der Waals surface area contributed by atoms with Gasteiger partial charge in [-0.05, 0) is 13.8 Å². The van der Waals surface area contributed by atoms with E-state index in [2.05, 4.69) is 31.7 Å². The number of aromatic amines is 1. The van der Waals surface area contributed by atoms with Crippen molar-refractivity contribution < 1.29 is 8.42 Å². The second-order valence-electron chi connectivity index (χ2n) is 3.90. The molecule has 0 radical (unpaired) electrons. The van der Waals surface area contributed by atoms with Gasteiger partial charge in [-0.3, -0.25) is 9.82 Å². The standard InChI is InChI=1S/C11H13N5O2S2/c1-7-10(8(2)15-14-7)20(17,18)16-11-13-6-9(19-11)4-3-5-12/h6H,5,12H2,1-2H3,(H,13,16)(H,14,15). The normalized spacial score (nSPS) is 10.9. The number of rotatable bonds is 3. The summed E-state index contributed by atoms with van der Waals surface area (Å²) in [5.74, 6) is 5.48. The molecular weight excluding hydrogens is 298 g/mol. The molecular formula is C11H13N5O2S2. The van der Waals surface area contributed by atoms with E-state index in [1.165, 1.54) is 6.20 Å². The van der Waals surface area contributed by atoms with Crippen LogP contribution < -0.4 is 10.5 Å². The Hall–Kier alpha value is -1.89. The van der Waals surface area contributed by atoms with Crippen LogP contribution in [0.4, 0.5) is 5.13 Å². The van der Waals surface area contributed by atoms with Gasteiger partial charge in [-0.2, -0.15) is 5.10 Å². The van der Waals surface area contributed by atoms with Crippen molar-refractivity contribution in [1.82, 2.24) is 15.2 Å². The van der Waals surface area contributed by atoms with E-state index in [9.17, 15) is 8.42 Å². The summed E-state index contributed by atoms with van der Waals surface area (Å²) in [6.45, 7) is 3.51. The van der Waals surface area contributed by atoms with Crippen LogP contribution in [-0.2, 0) is 10.0 Å². The third kappa shape index (κ3) is 2.98. The lowest BCUT2D eigenvalue weighted by Gasteiger charge is -2.04. The summed E-state index contributed by atoms with van der Waals surface area (Å²) in [6, 6.07) is 0. The van der Waals surface area contributed by atoms with E-state index < -0.39 is 10.0 Å². The number of hydrogen-bond acceptors (Lipinski definition) is 6. The molecule has 0 spiro atoms. The number of thiazole rings is 1. The molecule has 2 aromatic heterocycles. The molecule has 0 amide bonds. The minimum absolute atomic E-state index is 0.141. The first-order valence-electron chi connectivity index (χ1n) is 5.63. The molecule has 2 heterocycles. The predicted molar refractivity (Wildman–Crippen MR) is 76.9 cm³/mol. The fourth-order valence-electron chi connectivity index (χ4n) is 1.62. The monoisotopic (exact) mass is 311 g/mol. The zero-order chi connectivity index (χ0) is 14.8. The van der Waals surface area contributed by atoms with Crippen LogP contribution in [0.2, 0.25) is 0 Å². The molecule has 2 aromatic rings. The van der Waals surface area contributed by atoms with Gasteiger partial charge in [0.2, 0.25) is 0 Å². The Balaban J connectivity index is 2.27. The minimum atomic E-state index is -3.71. The van der Waals surface area contributed by atoms with Gasteiger partial charge in [0.15, 0.2) is 5.13 Å². The molecule has 0 atom stereocenters. The van der Waals surface area contributed by atoms with E-state index in [1.807, 2.05) is 0 Å². The van der Waals surface area contributed by atoms with Crippen molar-refractivity contribution >= 4 is 26.5 Å². The second kappa shape index (κ2) is 5.62. The molecule has 20 heavy (non-hydrogen) atoms. The van der Waals surface area contributed by atoms with Crippen LogP contribution in [-0.4, -0.2) is 30.1 Å². The SMILES string of the molecule is Cc1n[nH]c(C)c1S(=O)(=O)Nc1ncc(C#CCN)s1. The molecule has 0 aromatic carbocycles. The van der Waals surface area contributed by atoms with Crippen LogP contribution in [0.3, 0.4) is 0 Å². The predicted octanol–water partition coefficient (Wildman–Crippen LogP) is 0.594. The summed E-state index contributed by atoms with van der Waals surface area (Å²) in [6.07, 6.45) is 1.50. The Kier molecular flexibility index (Phi) is 4.08. The highest BCUT2D eigenvalue weighted by molar-refractivity contribution is 7.93. The maximum Gasteiger partial charge on any atom is 0.267 e. The summed E-state index contributed by atoms with van der Waals surface area (Å²) in [5.41, 5.74) is 6.16. The molecule has 106 valence electrons. The third-order valence-electron chi connectivity index (χ3n) is 2.37. The largest absolute Gasteiger partial charge is 0.320 e. The fourth-order valence-corrected chi connectivity index (χ4v) is 3.93. The number of sulfonamides is 1.